The van der Waals surface area contributed by atoms with Crippen LogP contribution in [0.3, 0.4) is 0 Å². The van der Waals surface area contributed by atoms with Crippen LogP contribution in [0.15, 0.2) is 18.2 Å². The largest absolute Gasteiger partial charge is 0.497 e. The number of nitrogens with two attached hydrogens (primary N) is 1. The van der Waals surface area contributed by atoms with E-state index in [9.17, 15) is 4.79 Å². The van der Waals surface area contributed by atoms with Gasteiger partial charge in [-0.05, 0) is 23.8 Å². The normalized spacial score (nSPS) is 19.3. The maximum absolute atomic E-state index is 11.6. The Morgan fingerprint density at radius 3 is 3.07 bits per heavy atom. The Morgan fingerprint density at radius 1 is 1.60 bits per heavy atom. The third-order valence-corrected chi connectivity index (χ3v) is 2.74. The lowest BCUT2D eigenvalue weighted by atomic mass is 9.90. The molecule has 1 aromatic carbocycles. The van der Waals surface area contributed by atoms with Gasteiger partial charge in [-0.1, -0.05) is 0 Å². The summed E-state index contributed by atoms with van der Waals surface area (Å²) in [6, 6.07) is 5.47. The lowest BCUT2D eigenvalue weighted by Crippen LogP contribution is -2.37. The molecule has 0 aromatic heterocycles. The van der Waals surface area contributed by atoms with Gasteiger partial charge in [-0.2, -0.15) is 0 Å². The second kappa shape index (κ2) is 3.90. The quantitative estimate of drug-likeness (QED) is 0.739. The first-order valence-electron chi connectivity index (χ1n) is 4.92. The van der Waals surface area contributed by atoms with Gasteiger partial charge in [0.25, 0.3) is 5.91 Å². The number of ether oxygens (including phenoxy) is 1. The maximum Gasteiger partial charge on any atom is 0.251 e. The Hall–Kier alpha value is -1.55. The summed E-state index contributed by atoms with van der Waals surface area (Å²) in [6.07, 6.45) is 0. The summed E-state index contributed by atoms with van der Waals surface area (Å²) in [5.41, 5.74) is 7.36. The summed E-state index contributed by atoms with van der Waals surface area (Å²) in [5.74, 6) is 0.923. The minimum Gasteiger partial charge on any atom is -0.497 e. The summed E-state index contributed by atoms with van der Waals surface area (Å²) in [4.78, 5) is 11.6. The highest BCUT2D eigenvalue weighted by Crippen LogP contribution is 2.27. The van der Waals surface area contributed by atoms with Crippen LogP contribution < -0.4 is 15.8 Å². The predicted molar refractivity (Wildman–Crippen MR) is 57.1 cm³/mol. The maximum atomic E-state index is 11.6. The molecule has 1 aliphatic rings. The highest BCUT2D eigenvalue weighted by Gasteiger charge is 2.24. The van der Waals surface area contributed by atoms with E-state index in [2.05, 4.69) is 5.32 Å². The minimum absolute atomic E-state index is 0.0302. The molecular weight excluding hydrogens is 192 g/mol. The highest BCUT2D eigenvalue weighted by atomic mass is 16.5. The van der Waals surface area contributed by atoms with Gasteiger partial charge in [0.2, 0.25) is 0 Å². The van der Waals surface area contributed by atoms with Crippen molar-refractivity contribution < 1.29 is 9.53 Å². The molecule has 1 aromatic rings. The van der Waals surface area contributed by atoms with Crippen LogP contribution in [-0.2, 0) is 0 Å². The molecule has 0 saturated carbocycles. The molecule has 80 valence electrons. The lowest BCUT2D eigenvalue weighted by molar-refractivity contribution is 0.0940. The van der Waals surface area contributed by atoms with Gasteiger partial charge in [-0.3, -0.25) is 4.79 Å². The van der Waals surface area contributed by atoms with Crippen molar-refractivity contribution in [1.29, 1.82) is 0 Å². The monoisotopic (exact) mass is 206 g/mol. The van der Waals surface area contributed by atoms with Crippen LogP contribution in [0, 0.1) is 0 Å². The van der Waals surface area contributed by atoms with Crippen LogP contribution in [0.1, 0.15) is 21.8 Å². The molecule has 0 bridgehead atoms. The van der Waals surface area contributed by atoms with Gasteiger partial charge in [0, 0.05) is 24.6 Å². The molecule has 0 saturated heterocycles. The number of benzene rings is 1. The summed E-state index contributed by atoms with van der Waals surface area (Å²) in [6.45, 7) is 1.13. The minimum atomic E-state index is -0.0302. The molecule has 3 N–H and O–H groups in total. The van der Waals surface area contributed by atoms with Crippen molar-refractivity contribution in [2.24, 2.45) is 5.73 Å². The molecular formula is C11H14N2O2. The number of carbonyl (C=O) groups is 1. The van der Waals surface area contributed by atoms with Crippen LogP contribution in [0.4, 0.5) is 0 Å². The molecule has 4 heteroatoms. The molecule has 1 heterocycles. The van der Waals surface area contributed by atoms with Crippen molar-refractivity contribution in [1.82, 2.24) is 5.32 Å². The number of hydrogen-bond acceptors (Lipinski definition) is 3. The molecule has 0 spiro atoms. The van der Waals surface area contributed by atoms with E-state index in [0.29, 0.717) is 18.7 Å². The summed E-state index contributed by atoms with van der Waals surface area (Å²) < 4.78 is 5.14. The van der Waals surface area contributed by atoms with Crippen molar-refractivity contribution in [2.75, 3.05) is 20.2 Å². The Labute approximate surface area is 88.4 Å². The third-order valence-electron chi connectivity index (χ3n) is 2.74. The molecule has 0 fully saturated rings. The van der Waals surface area contributed by atoms with Crippen molar-refractivity contribution >= 4 is 5.91 Å². The fourth-order valence-corrected chi connectivity index (χ4v) is 1.84. The molecule has 1 aliphatic heterocycles. The van der Waals surface area contributed by atoms with Gasteiger partial charge in [0.1, 0.15) is 5.75 Å². The van der Waals surface area contributed by atoms with Crippen LogP contribution in [0.25, 0.3) is 0 Å². The van der Waals surface area contributed by atoms with E-state index in [4.69, 9.17) is 10.5 Å². The second-order valence-electron chi connectivity index (χ2n) is 3.60. The molecule has 0 aliphatic carbocycles. The number of carbonyl (C=O) groups excluding carboxylic acids is 1. The predicted octanol–water partition coefficient (Wildman–Crippen LogP) is 0.481. The van der Waals surface area contributed by atoms with Gasteiger partial charge in [-0.15, -0.1) is 0 Å². The van der Waals surface area contributed by atoms with Gasteiger partial charge < -0.3 is 15.8 Å². The van der Waals surface area contributed by atoms with Crippen molar-refractivity contribution in [2.45, 2.75) is 5.92 Å². The summed E-state index contributed by atoms with van der Waals surface area (Å²) in [5, 5.41) is 2.82. The number of amides is 1. The van der Waals surface area contributed by atoms with Crippen molar-refractivity contribution in [3.63, 3.8) is 0 Å². The van der Waals surface area contributed by atoms with Crippen LogP contribution >= 0.6 is 0 Å². The number of fused-ring (bicyclic) bond motifs is 1. The standard InChI is InChI=1S/C11H14N2O2/c1-15-8-2-3-9-10(4-8)7(5-12)6-13-11(9)14/h2-4,7H,5-6,12H2,1H3,(H,13,14). The zero-order valence-electron chi connectivity index (χ0n) is 8.62. The van der Waals surface area contributed by atoms with E-state index in [1.807, 2.05) is 6.07 Å². The number of rotatable bonds is 2. The molecule has 1 unspecified atom stereocenters. The van der Waals surface area contributed by atoms with Crippen LogP contribution in [0.2, 0.25) is 0 Å². The Kier molecular flexibility index (Phi) is 2.60. The van der Waals surface area contributed by atoms with E-state index in [-0.39, 0.29) is 11.8 Å². The molecule has 4 nitrogen and oxygen atoms in total. The van der Waals surface area contributed by atoms with Crippen molar-refractivity contribution in [3.8, 4) is 5.75 Å². The second-order valence-corrected chi connectivity index (χ2v) is 3.60. The topological polar surface area (TPSA) is 64.3 Å². The molecule has 2 rings (SSSR count). The zero-order valence-corrected chi connectivity index (χ0v) is 8.62. The van der Waals surface area contributed by atoms with Crippen molar-refractivity contribution in [3.05, 3.63) is 29.3 Å². The van der Waals surface area contributed by atoms with E-state index in [0.717, 1.165) is 11.3 Å². The first-order chi connectivity index (χ1) is 7.26. The first kappa shape index (κ1) is 9.98. The van der Waals surface area contributed by atoms with Crippen LogP contribution in [0.5, 0.6) is 5.75 Å². The van der Waals surface area contributed by atoms with Gasteiger partial charge in [0.05, 0.1) is 7.11 Å². The Bertz CT molecular complexity index is 390. The summed E-state index contributed by atoms with van der Waals surface area (Å²) in [7, 11) is 1.61. The van der Waals surface area contributed by atoms with E-state index in [1.165, 1.54) is 0 Å². The Balaban J connectivity index is 2.48. The SMILES string of the molecule is COc1ccc2c(c1)C(CN)CNC2=O. The van der Waals surface area contributed by atoms with Gasteiger partial charge in [-0.25, -0.2) is 0 Å². The lowest BCUT2D eigenvalue weighted by Gasteiger charge is -2.24. The first-order valence-corrected chi connectivity index (χ1v) is 4.92. The fourth-order valence-electron chi connectivity index (χ4n) is 1.84. The van der Waals surface area contributed by atoms with Gasteiger partial charge in [0.15, 0.2) is 0 Å². The average molecular weight is 206 g/mol. The fraction of sp³-hybridized carbons (Fsp3) is 0.364. The Morgan fingerprint density at radius 2 is 2.40 bits per heavy atom. The number of hydrogen-bond donors (Lipinski definition) is 2. The molecule has 1 amide bonds. The van der Waals surface area contributed by atoms with Crippen LogP contribution in [-0.4, -0.2) is 26.1 Å². The van der Waals surface area contributed by atoms with Gasteiger partial charge >= 0.3 is 0 Å². The summed E-state index contributed by atoms with van der Waals surface area (Å²) >= 11 is 0. The third kappa shape index (κ3) is 1.68. The number of nitrogens with one attached hydrogen (secondary N) is 1. The van der Waals surface area contributed by atoms with E-state index < -0.39 is 0 Å². The molecule has 1 atom stereocenters. The molecule has 15 heavy (non-hydrogen) atoms. The molecule has 0 radical (unpaired) electrons. The smallest absolute Gasteiger partial charge is 0.251 e. The highest BCUT2D eigenvalue weighted by molar-refractivity contribution is 5.97. The zero-order chi connectivity index (χ0) is 10.8. The van der Waals surface area contributed by atoms with E-state index >= 15 is 0 Å². The average Bonchev–Trinajstić information content (AvgIpc) is 2.29. The number of methoxy groups -OCH3 is 1. The van der Waals surface area contributed by atoms with E-state index in [1.54, 1.807) is 19.2 Å².